The van der Waals surface area contributed by atoms with E-state index in [1.54, 1.807) is 11.3 Å². The summed E-state index contributed by atoms with van der Waals surface area (Å²) in [6.07, 6.45) is -1.43. The van der Waals surface area contributed by atoms with Crippen LogP contribution in [0, 0.1) is 0 Å². The summed E-state index contributed by atoms with van der Waals surface area (Å²) in [4.78, 5) is 1.23. The van der Waals surface area contributed by atoms with E-state index in [0.717, 1.165) is 6.42 Å². The Hall–Kier alpha value is -0.480. The molecule has 0 aliphatic rings. The Balaban J connectivity index is 2.22. The summed E-state index contributed by atoms with van der Waals surface area (Å²) in [6, 6.07) is 4.11. The van der Waals surface area contributed by atoms with Gasteiger partial charge in [0.25, 0.3) is 6.43 Å². The molecular formula is C9H13F2NS. The minimum atomic E-state index is -2.26. The van der Waals surface area contributed by atoms with Gasteiger partial charge in [-0.3, -0.25) is 0 Å². The maximum Gasteiger partial charge on any atom is 0.250 e. The zero-order chi connectivity index (χ0) is 9.68. The second kappa shape index (κ2) is 5.29. The number of alkyl halides is 2. The quantitative estimate of drug-likeness (QED) is 0.779. The Morgan fingerprint density at radius 2 is 2.31 bits per heavy atom. The van der Waals surface area contributed by atoms with Gasteiger partial charge in [0.15, 0.2) is 0 Å². The Labute approximate surface area is 80.8 Å². The van der Waals surface area contributed by atoms with Crippen LogP contribution in [0.3, 0.4) is 0 Å². The van der Waals surface area contributed by atoms with Crippen LogP contribution in [0.25, 0.3) is 0 Å². The van der Waals surface area contributed by atoms with Crippen LogP contribution in [0.1, 0.15) is 11.8 Å². The predicted molar refractivity (Wildman–Crippen MR) is 51.5 cm³/mol. The molecule has 74 valence electrons. The van der Waals surface area contributed by atoms with Gasteiger partial charge in [-0.05, 0) is 24.8 Å². The molecule has 1 aromatic heterocycles. The summed E-state index contributed by atoms with van der Waals surface area (Å²) in [6.45, 7) is 1.70. The zero-order valence-electron chi connectivity index (χ0n) is 7.47. The van der Waals surface area contributed by atoms with E-state index in [1.807, 2.05) is 24.4 Å². The first-order valence-electron chi connectivity index (χ1n) is 4.22. The molecule has 4 heteroatoms. The van der Waals surface area contributed by atoms with E-state index < -0.39 is 6.43 Å². The van der Waals surface area contributed by atoms with Crippen LogP contribution in [0.5, 0.6) is 0 Å². The minimum Gasteiger partial charge on any atom is -0.309 e. The lowest BCUT2D eigenvalue weighted by Crippen LogP contribution is -2.31. The van der Waals surface area contributed by atoms with Crippen LogP contribution in [0.4, 0.5) is 8.78 Å². The molecule has 1 nitrogen and oxygen atoms in total. The third-order valence-corrected chi connectivity index (χ3v) is 2.61. The third kappa shape index (κ3) is 4.33. The molecule has 0 aliphatic heterocycles. The van der Waals surface area contributed by atoms with Gasteiger partial charge in [0, 0.05) is 10.9 Å². The molecule has 13 heavy (non-hydrogen) atoms. The van der Waals surface area contributed by atoms with E-state index in [0.29, 0.717) is 0 Å². The monoisotopic (exact) mass is 205 g/mol. The SMILES string of the molecule is CC(Cc1cccs1)NCC(F)F. The molecule has 0 amide bonds. The molecular weight excluding hydrogens is 192 g/mol. The minimum absolute atomic E-state index is 0.118. The standard InChI is InChI=1S/C9H13F2NS/c1-7(12-6-9(10)11)5-8-3-2-4-13-8/h2-4,7,9,12H,5-6H2,1H3. The normalized spacial score (nSPS) is 13.5. The summed E-state index contributed by atoms with van der Waals surface area (Å²) >= 11 is 1.66. The average molecular weight is 205 g/mol. The summed E-state index contributed by atoms with van der Waals surface area (Å²) < 4.78 is 23.6. The highest BCUT2D eigenvalue weighted by Crippen LogP contribution is 2.10. The largest absolute Gasteiger partial charge is 0.309 e. The van der Waals surface area contributed by atoms with E-state index in [-0.39, 0.29) is 12.6 Å². The molecule has 0 fully saturated rings. The van der Waals surface area contributed by atoms with Crippen LogP contribution in [0.15, 0.2) is 17.5 Å². The fourth-order valence-corrected chi connectivity index (χ4v) is 1.93. The molecule has 0 bridgehead atoms. The van der Waals surface area contributed by atoms with Gasteiger partial charge in [0.2, 0.25) is 0 Å². The first-order valence-corrected chi connectivity index (χ1v) is 5.10. The Bertz CT molecular complexity index is 224. The van der Waals surface area contributed by atoms with E-state index in [9.17, 15) is 8.78 Å². The number of hydrogen-bond acceptors (Lipinski definition) is 2. The number of hydrogen-bond donors (Lipinski definition) is 1. The maximum atomic E-state index is 11.8. The molecule has 0 spiro atoms. The second-order valence-corrected chi connectivity index (χ2v) is 4.02. The van der Waals surface area contributed by atoms with Gasteiger partial charge in [-0.15, -0.1) is 11.3 Å². The van der Waals surface area contributed by atoms with Crippen LogP contribution in [0.2, 0.25) is 0 Å². The van der Waals surface area contributed by atoms with Crippen molar-refractivity contribution in [3.8, 4) is 0 Å². The molecule has 1 heterocycles. The van der Waals surface area contributed by atoms with Gasteiger partial charge in [0.05, 0.1) is 6.54 Å². The molecule has 1 rings (SSSR count). The van der Waals surface area contributed by atoms with Crippen molar-refractivity contribution in [1.82, 2.24) is 5.32 Å². The van der Waals surface area contributed by atoms with Crippen LogP contribution in [-0.4, -0.2) is 19.0 Å². The van der Waals surface area contributed by atoms with Gasteiger partial charge in [0.1, 0.15) is 0 Å². The summed E-state index contributed by atoms with van der Waals surface area (Å²) in [5, 5.41) is 4.77. The molecule has 0 saturated heterocycles. The van der Waals surface area contributed by atoms with Crippen molar-refractivity contribution in [3.05, 3.63) is 22.4 Å². The lowest BCUT2D eigenvalue weighted by atomic mass is 10.2. The average Bonchev–Trinajstić information content (AvgIpc) is 2.53. The zero-order valence-corrected chi connectivity index (χ0v) is 8.28. The lowest BCUT2D eigenvalue weighted by Gasteiger charge is -2.11. The Morgan fingerprint density at radius 3 is 2.85 bits per heavy atom. The van der Waals surface area contributed by atoms with Crippen molar-refractivity contribution in [2.45, 2.75) is 25.8 Å². The molecule has 1 unspecified atom stereocenters. The van der Waals surface area contributed by atoms with E-state index in [1.165, 1.54) is 4.88 Å². The van der Waals surface area contributed by atoms with Crippen molar-refractivity contribution in [2.24, 2.45) is 0 Å². The van der Waals surface area contributed by atoms with Crippen LogP contribution in [-0.2, 0) is 6.42 Å². The highest BCUT2D eigenvalue weighted by Gasteiger charge is 2.07. The molecule has 0 radical (unpaired) electrons. The summed E-state index contributed by atoms with van der Waals surface area (Å²) in [5.41, 5.74) is 0. The first-order chi connectivity index (χ1) is 6.18. The highest BCUT2D eigenvalue weighted by molar-refractivity contribution is 7.09. The van der Waals surface area contributed by atoms with Crippen molar-refractivity contribution >= 4 is 11.3 Å². The molecule has 1 atom stereocenters. The molecule has 1 N–H and O–H groups in total. The topological polar surface area (TPSA) is 12.0 Å². The Morgan fingerprint density at radius 1 is 1.54 bits per heavy atom. The van der Waals surface area contributed by atoms with Crippen molar-refractivity contribution < 1.29 is 8.78 Å². The van der Waals surface area contributed by atoms with E-state index in [2.05, 4.69) is 5.32 Å². The van der Waals surface area contributed by atoms with Crippen molar-refractivity contribution in [3.63, 3.8) is 0 Å². The van der Waals surface area contributed by atoms with E-state index in [4.69, 9.17) is 0 Å². The van der Waals surface area contributed by atoms with Crippen LogP contribution < -0.4 is 5.32 Å². The molecule has 0 saturated carbocycles. The number of halogens is 2. The smallest absolute Gasteiger partial charge is 0.250 e. The second-order valence-electron chi connectivity index (χ2n) is 2.98. The lowest BCUT2D eigenvalue weighted by molar-refractivity contribution is 0.142. The highest BCUT2D eigenvalue weighted by atomic mass is 32.1. The fraction of sp³-hybridized carbons (Fsp3) is 0.556. The Kier molecular flexibility index (Phi) is 4.32. The van der Waals surface area contributed by atoms with Gasteiger partial charge >= 0.3 is 0 Å². The molecule has 0 aliphatic carbocycles. The maximum absolute atomic E-state index is 11.8. The fourth-order valence-electron chi connectivity index (χ4n) is 1.09. The van der Waals surface area contributed by atoms with Gasteiger partial charge < -0.3 is 5.32 Å². The number of thiophene rings is 1. The molecule has 0 aromatic carbocycles. The predicted octanol–water partition coefficient (Wildman–Crippen LogP) is 2.53. The summed E-state index contributed by atoms with van der Waals surface area (Å²) in [7, 11) is 0. The number of rotatable bonds is 5. The van der Waals surface area contributed by atoms with Gasteiger partial charge in [-0.2, -0.15) is 0 Å². The van der Waals surface area contributed by atoms with Gasteiger partial charge in [-0.25, -0.2) is 8.78 Å². The number of nitrogens with one attached hydrogen (secondary N) is 1. The third-order valence-electron chi connectivity index (χ3n) is 1.71. The van der Waals surface area contributed by atoms with E-state index >= 15 is 0 Å². The van der Waals surface area contributed by atoms with Crippen molar-refractivity contribution in [2.75, 3.05) is 6.54 Å². The summed E-state index contributed by atoms with van der Waals surface area (Å²) in [5.74, 6) is 0. The first kappa shape index (κ1) is 10.6. The molecule has 1 aromatic rings. The van der Waals surface area contributed by atoms with Crippen LogP contribution >= 0.6 is 11.3 Å². The van der Waals surface area contributed by atoms with Crippen molar-refractivity contribution in [1.29, 1.82) is 0 Å². The van der Waals surface area contributed by atoms with Gasteiger partial charge in [-0.1, -0.05) is 6.07 Å².